The van der Waals surface area contributed by atoms with Gasteiger partial charge in [-0.05, 0) is 24.1 Å². The molecule has 1 rings (SSSR count). The second kappa shape index (κ2) is 6.58. The number of esters is 2. The van der Waals surface area contributed by atoms with Crippen LogP contribution in [0.1, 0.15) is 19.4 Å². The van der Waals surface area contributed by atoms with Crippen molar-refractivity contribution in [1.82, 2.24) is 0 Å². The van der Waals surface area contributed by atoms with E-state index in [2.05, 4.69) is 22.6 Å². The third-order valence-corrected chi connectivity index (χ3v) is 2.44. The number of benzene rings is 1. The van der Waals surface area contributed by atoms with E-state index in [-0.39, 0.29) is 11.5 Å². The van der Waals surface area contributed by atoms with Gasteiger partial charge in [-0.25, -0.2) is 0 Å². The van der Waals surface area contributed by atoms with Gasteiger partial charge in [-0.15, -0.1) is 0 Å². The van der Waals surface area contributed by atoms with E-state index < -0.39 is 11.9 Å². The lowest BCUT2D eigenvalue weighted by atomic mass is 10.1. The standard InChI is InChI=1S/C12H13IO4/c1-8(14)16-11-4-3-10(5-6-13)7-12(11)17-9(2)15/h3-4,7H,5-6H2,1-2H3. The van der Waals surface area contributed by atoms with Crippen molar-refractivity contribution in [3.63, 3.8) is 0 Å². The van der Waals surface area contributed by atoms with E-state index >= 15 is 0 Å². The Bertz CT molecular complexity index is 429. The molecule has 5 heteroatoms. The van der Waals surface area contributed by atoms with Gasteiger partial charge in [0.2, 0.25) is 0 Å². The highest BCUT2D eigenvalue weighted by molar-refractivity contribution is 14.1. The summed E-state index contributed by atoms with van der Waals surface area (Å²) in [7, 11) is 0. The maximum atomic E-state index is 11.0. The van der Waals surface area contributed by atoms with Gasteiger partial charge in [-0.1, -0.05) is 28.7 Å². The van der Waals surface area contributed by atoms with Crippen LogP contribution in [-0.2, 0) is 16.0 Å². The van der Waals surface area contributed by atoms with E-state index in [1.165, 1.54) is 13.8 Å². The molecule has 0 saturated heterocycles. The lowest BCUT2D eigenvalue weighted by Crippen LogP contribution is -2.07. The van der Waals surface area contributed by atoms with Crippen LogP contribution in [0.3, 0.4) is 0 Å². The zero-order valence-electron chi connectivity index (χ0n) is 9.66. The SMILES string of the molecule is CC(=O)Oc1ccc(CCI)cc1OC(C)=O. The van der Waals surface area contributed by atoms with E-state index in [0.29, 0.717) is 0 Å². The van der Waals surface area contributed by atoms with Gasteiger partial charge in [0.15, 0.2) is 11.5 Å². The third kappa shape index (κ3) is 4.72. The number of halogens is 1. The first-order valence-corrected chi connectivity index (χ1v) is 6.61. The summed E-state index contributed by atoms with van der Waals surface area (Å²) in [5, 5.41) is 0. The molecule has 0 aliphatic rings. The van der Waals surface area contributed by atoms with Gasteiger partial charge < -0.3 is 9.47 Å². The maximum Gasteiger partial charge on any atom is 0.308 e. The topological polar surface area (TPSA) is 52.6 Å². The Labute approximate surface area is 113 Å². The molecule has 0 N–H and O–H groups in total. The molecule has 17 heavy (non-hydrogen) atoms. The van der Waals surface area contributed by atoms with Gasteiger partial charge in [0.25, 0.3) is 0 Å². The maximum absolute atomic E-state index is 11.0. The number of rotatable bonds is 4. The molecule has 0 aromatic heterocycles. The van der Waals surface area contributed by atoms with Gasteiger partial charge >= 0.3 is 11.9 Å². The summed E-state index contributed by atoms with van der Waals surface area (Å²) >= 11 is 2.26. The predicted octanol–water partition coefficient (Wildman–Crippen LogP) is 2.51. The number of hydrogen-bond acceptors (Lipinski definition) is 4. The summed E-state index contributed by atoms with van der Waals surface area (Å²) in [6.45, 7) is 2.61. The molecule has 0 saturated carbocycles. The van der Waals surface area contributed by atoms with Crippen LogP contribution in [-0.4, -0.2) is 16.4 Å². The molecular formula is C12H13IO4. The van der Waals surface area contributed by atoms with Crippen LogP contribution >= 0.6 is 22.6 Å². The fourth-order valence-electron chi connectivity index (χ4n) is 1.29. The first-order chi connectivity index (χ1) is 8.02. The van der Waals surface area contributed by atoms with Gasteiger partial charge in [0.05, 0.1) is 0 Å². The van der Waals surface area contributed by atoms with E-state index in [4.69, 9.17) is 9.47 Å². The Hall–Kier alpha value is -1.11. The first-order valence-electron chi connectivity index (χ1n) is 5.08. The fourth-order valence-corrected chi connectivity index (χ4v) is 1.91. The van der Waals surface area contributed by atoms with Crippen LogP contribution in [0.2, 0.25) is 0 Å². The van der Waals surface area contributed by atoms with Crippen molar-refractivity contribution in [1.29, 1.82) is 0 Å². The van der Waals surface area contributed by atoms with Gasteiger partial charge in [-0.3, -0.25) is 9.59 Å². The second-order valence-corrected chi connectivity index (χ2v) is 4.49. The van der Waals surface area contributed by atoms with E-state index in [1.54, 1.807) is 12.1 Å². The number of aryl methyl sites for hydroxylation is 1. The average molecular weight is 348 g/mol. The second-order valence-electron chi connectivity index (χ2n) is 3.41. The molecular weight excluding hydrogens is 335 g/mol. The molecule has 0 radical (unpaired) electrons. The molecule has 0 fully saturated rings. The Morgan fingerprint density at radius 1 is 1.12 bits per heavy atom. The summed E-state index contributed by atoms with van der Waals surface area (Å²) in [5.41, 5.74) is 1.03. The van der Waals surface area contributed by atoms with Crippen molar-refractivity contribution >= 4 is 34.5 Å². The zero-order chi connectivity index (χ0) is 12.8. The van der Waals surface area contributed by atoms with Gasteiger partial charge in [-0.2, -0.15) is 0 Å². The van der Waals surface area contributed by atoms with Crippen molar-refractivity contribution in [2.75, 3.05) is 4.43 Å². The highest BCUT2D eigenvalue weighted by atomic mass is 127. The van der Waals surface area contributed by atoms with E-state index in [0.717, 1.165) is 16.4 Å². The van der Waals surface area contributed by atoms with E-state index in [9.17, 15) is 9.59 Å². The average Bonchev–Trinajstić information content (AvgIpc) is 2.21. The van der Waals surface area contributed by atoms with Gasteiger partial charge in [0, 0.05) is 18.3 Å². The largest absolute Gasteiger partial charge is 0.423 e. The molecule has 0 atom stereocenters. The summed E-state index contributed by atoms with van der Waals surface area (Å²) in [6, 6.07) is 5.21. The summed E-state index contributed by atoms with van der Waals surface area (Å²) in [6.07, 6.45) is 0.870. The number of carbonyl (C=O) groups is 2. The number of carbonyl (C=O) groups excluding carboxylic acids is 2. The predicted molar refractivity (Wildman–Crippen MR) is 71.7 cm³/mol. The molecule has 0 heterocycles. The minimum Gasteiger partial charge on any atom is -0.423 e. The molecule has 0 amide bonds. The molecule has 1 aromatic rings. The zero-order valence-corrected chi connectivity index (χ0v) is 11.8. The lowest BCUT2D eigenvalue weighted by Gasteiger charge is -2.09. The Kier molecular flexibility index (Phi) is 5.40. The molecule has 0 aliphatic carbocycles. The van der Waals surface area contributed by atoms with Crippen LogP contribution in [0, 0.1) is 0 Å². The molecule has 1 aromatic carbocycles. The van der Waals surface area contributed by atoms with E-state index in [1.807, 2.05) is 6.07 Å². The summed E-state index contributed by atoms with van der Waals surface area (Å²) in [5.74, 6) is -0.329. The summed E-state index contributed by atoms with van der Waals surface area (Å²) < 4.78 is 10.9. The van der Waals surface area contributed by atoms with Crippen LogP contribution in [0.4, 0.5) is 0 Å². The molecule has 4 nitrogen and oxygen atoms in total. The quantitative estimate of drug-likeness (QED) is 0.363. The fraction of sp³-hybridized carbons (Fsp3) is 0.333. The van der Waals surface area contributed by atoms with Gasteiger partial charge in [0.1, 0.15) is 0 Å². The Balaban J connectivity index is 3.02. The minimum atomic E-state index is -0.444. The van der Waals surface area contributed by atoms with Crippen molar-refractivity contribution in [2.45, 2.75) is 20.3 Å². The monoisotopic (exact) mass is 348 g/mol. The Morgan fingerprint density at radius 2 is 1.71 bits per heavy atom. The lowest BCUT2D eigenvalue weighted by molar-refractivity contribution is -0.134. The van der Waals surface area contributed by atoms with Crippen LogP contribution < -0.4 is 9.47 Å². The molecule has 0 aliphatic heterocycles. The van der Waals surface area contributed by atoms with Crippen molar-refractivity contribution < 1.29 is 19.1 Å². The minimum absolute atomic E-state index is 0.268. The molecule has 92 valence electrons. The van der Waals surface area contributed by atoms with Crippen LogP contribution in [0.5, 0.6) is 11.5 Å². The van der Waals surface area contributed by atoms with Crippen molar-refractivity contribution in [2.24, 2.45) is 0 Å². The smallest absolute Gasteiger partial charge is 0.308 e. The number of ether oxygens (including phenoxy) is 2. The molecule has 0 bridgehead atoms. The van der Waals surface area contributed by atoms with Crippen LogP contribution in [0.25, 0.3) is 0 Å². The highest BCUT2D eigenvalue weighted by Crippen LogP contribution is 2.29. The third-order valence-electron chi connectivity index (χ3n) is 1.90. The van der Waals surface area contributed by atoms with Crippen molar-refractivity contribution in [3.05, 3.63) is 23.8 Å². The normalized spacial score (nSPS) is 9.82. The number of hydrogen-bond donors (Lipinski definition) is 0. The molecule has 0 spiro atoms. The first kappa shape index (κ1) is 14.0. The number of alkyl halides is 1. The summed E-state index contributed by atoms with van der Waals surface area (Å²) in [4.78, 5) is 21.9. The highest BCUT2D eigenvalue weighted by Gasteiger charge is 2.10. The van der Waals surface area contributed by atoms with Crippen LogP contribution in [0.15, 0.2) is 18.2 Å². The van der Waals surface area contributed by atoms with Crippen molar-refractivity contribution in [3.8, 4) is 11.5 Å². The molecule has 0 unspecified atom stereocenters. The Morgan fingerprint density at radius 3 is 2.24 bits per heavy atom.